The first-order valence-corrected chi connectivity index (χ1v) is 17.5. The molecule has 0 spiro atoms. The summed E-state index contributed by atoms with van der Waals surface area (Å²) >= 11 is 4.97. The van der Waals surface area contributed by atoms with Gasteiger partial charge in [0, 0.05) is 20.8 Å². The molecule has 2 heterocycles. The molecule has 3 saturated carbocycles. The van der Waals surface area contributed by atoms with Crippen LogP contribution in [0.1, 0.15) is 91.7 Å². The lowest BCUT2D eigenvalue weighted by molar-refractivity contribution is -0.0907. The van der Waals surface area contributed by atoms with Crippen LogP contribution in [0.5, 0.6) is 0 Å². The number of rotatable bonds is 3. The molecule has 0 aliphatic heterocycles. The second kappa shape index (κ2) is 9.75. The number of aromatic nitrogens is 1. The predicted octanol–water partition coefficient (Wildman–Crippen LogP) is 9.99. The van der Waals surface area contributed by atoms with Gasteiger partial charge in [0.25, 0.3) is 0 Å². The van der Waals surface area contributed by atoms with Crippen molar-refractivity contribution in [3.63, 3.8) is 0 Å². The number of ketones is 1. The van der Waals surface area contributed by atoms with Crippen LogP contribution in [0.2, 0.25) is 0 Å². The number of nitrogens with two attached hydrogens (primary N) is 1. The molecule has 2 N–H and O–H groups in total. The molecule has 3 nitrogen and oxygen atoms in total. The van der Waals surface area contributed by atoms with Gasteiger partial charge in [0.2, 0.25) is 5.78 Å². The number of thiophene rings is 1. The molecule has 0 amide bonds. The molecule has 216 valence electrons. The van der Waals surface area contributed by atoms with Crippen LogP contribution < -0.4 is 5.73 Å². The number of fused-ring (bicyclic) bond motifs is 8. The molecule has 42 heavy (non-hydrogen) atoms. The molecule has 4 aliphatic rings. The van der Waals surface area contributed by atoms with Crippen molar-refractivity contribution in [2.75, 3.05) is 5.73 Å². The van der Waals surface area contributed by atoms with Gasteiger partial charge in [-0.3, -0.25) is 4.79 Å². The van der Waals surface area contributed by atoms with Gasteiger partial charge >= 0.3 is 0 Å². The SMILES string of the molecule is C[C@@]12CCCCC1CCC1C2CC[C@@]2(C)c3nc4sc(C(=O)c5ccc(Br)cc5)c(N)c4c(-c4ccccc4)c3CC12. The lowest BCUT2D eigenvalue weighted by atomic mass is 9.45. The third-order valence-corrected chi connectivity index (χ3v) is 13.9. The Hall–Kier alpha value is -2.50. The highest BCUT2D eigenvalue weighted by Gasteiger charge is 2.59. The van der Waals surface area contributed by atoms with Crippen molar-refractivity contribution in [1.82, 2.24) is 4.98 Å². The number of hydrogen-bond acceptors (Lipinski definition) is 4. The van der Waals surface area contributed by atoms with E-state index in [9.17, 15) is 4.79 Å². The largest absolute Gasteiger partial charge is 0.397 e. The molecule has 4 unspecified atom stereocenters. The van der Waals surface area contributed by atoms with E-state index in [0.717, 1.165) is 38.9 Å². The maximum Gasteiger partial charge on any atom is 0.205 e. The molecule has 3 fully saturated rings. The molecule has 8 rings (SSSR count). The third kappa shape index (κ3) is 3.81. The summed E-state index contributed by atoms with van der Waals surface area (Å²) in [6, 6.07) is 18.3. The van der Waals surface area contributed by atoms with E-state index < -0.39 is 0 Å². The summed E-state index contributed by atoms with van der Waals surface area (Å²) in [5.74, 6) is 3.13. The van der Waals surface area contributed by atoms with Crippen LogP contribution in [0.3, 0.4) is 0 Å². The lowest BCUT2D eigenvalue weighted by Crippen LogP contribution is -2.53. The van der Waals surface area contributed by atoms with E-state index in [0.29, 0.717) is 27.5 Å². The van der Waals surface area contributed by atoms with Crippen LogP contribution in [0.15, 0.2) is 59.1 Å². The topological polar surface area (TPSA) is 56.0 Å². The van der Waals surface area contributed by atoms with E-state index in [1.54, 1.807) is 0 Å². The number of nitrogens with zero attached hydrogens (tertiary/aromatic N) is 1. The van der Waals surface area contributed by atoms with E-state index in [-0.39, 0.29) is 11.2 Å². The standard InChI is InChI=1S/C37H39BrN2OS/c1-36-18-7-6-10-23(36)13-16-25-27(36)17-19-37(2)28(25)20-26-29(21-8-4-3-5-9-21)30-31(39)33(42-35(30)40-34(26)37)32(41)22-11-14-24(38)15-12-22/h3-5,8-9,11-12,14-15,23,25,27-28H,6-7,10,13,16-20,39H2,1-2H3/t23?,25?,27?,28?,36-,37-/m1/s1. The van der Waals surface area contributed by atoms with Crippen molar-refractivity contribution in [1.29, 1.82) is 0 Å². The lowest BCUT2D eigenvalue weighted by Gasteiger charge is -2.59. The summed E-state index contributed by atoms with van der Waals surface area (Å²) < 4.78 is 0.955. The summed E-state index contributed by atoms with van der Waals surface area (Å²) in [4.78, 5) is 20.7. The van der Waals surface area contributed by atoms with Gasteiger partial charge in [0.05, 0.1) is 11.4 Å². The number of carbonyl (C=O) groups excluding carboxylic acids is 1. The summed E-state index contributed by atoms with van der Waals surface area (Å²) in [5.41, 5.74) is 13.9. The van der Waals surface area contributed by atoms with Crippen molar-refractivity contribution >= 4 is 49.0 Å². The van der Waals surface area contributed by atoms with Crippen molar-refractivity contribution in [2.45, 2.75) is 77.0 Å². The van der Waals surface area contributed by atoms with E-state index >= 15 is 0 Å². The Bertz CT molecular complexity index is 1710. The van der Waals surface area contributed by atoms with Gasteiger partial charge in [-0.05, 0) is 115 Å². The van der Waals surface area contributed by atoms with Crippen molar-refractivity contribution < 1.29 is 4.79 Å². The normalized spacial score (nSPS) is 31.7. The minimum Gasteiger partial charge on any atom is -0.397 e. The summed E-state index contributed by atoms with van der Waals surface area (Å²) in [7, 11) is 0. The molecule has 0 bridgehead atoms. The maximum atomic E-state index is 13.7. The summed E-state index contributed by atoms with van der Waals surface area (Å²) in [5, 5.41) is 0.979. The molecule has 2 aromatic heterocycles. The predicted molar refractivity (Wildman–Crippen MR) is 177 cm³/mol. The monoisotopic (exact) mass is 638 g/mol. The Labute approximate surface area is 261 Å². The number of halogens is 1. The fourth-order valence-corrected chi connectivity index (χ4v) is 11.5. The molecule has 6 atom stereocenters. The van der Waals surface area contributed by atoms with Gasteiger partial charge in [-0.2, -0.15) is 0 Å². The molecule has 0 radical (unpaired) electrons. The number of nitrogen functional groups attached to an aromatic ring is 1. The molecular formula is C37H39BrN2OS. The molecule has 0 saturated heterocycles. The Morgan fingerprint density at radius 3 is 2.52 bits per heavy atom. The van der Waals surface area contributed by atoms with Crippen LogP contribution in [0.4, 0.5) is 5.69 Å². The van der Waals surface area contributed by atoms with Crippen molar-refractivity contribution in [3.8, 4) is 11.1 Å². The van der Waals surface area contributed by atoms with Crippen LogP contribution in [0.25, 0.3) is 21.3 Å². The molecule has 5 heteroatoms. The second-order valence-corrected chi connectivity index (χ2v) is 16.0. The van der Waals surface area contributed by atoms with Crippen LogP contribution >= 0.6 is 27.3 Å². The highest BCUT2D eigenvalue weighted by molar-refractivity contribution is 9.10. The smallest absolute Gasteiger partial charge is 0.205 e. The zero-order valence-corrected chi connectivity index (χ0v) is 27.0. The Kier molecular flexibility index (Phi) is 6.29. The van der Waals surface area contributed by atoms with Gasteiger partial charge in [0.15, 0.2) is 0 Å². The summed E-state index contributed by atoms with van der Waals surface area (Å²) in [6.07, 6.45) is 12.1. The number of pyridine rings is 1. The molecule has 4 aromatic rings. The average molecular weight is 640 g/mol. The fraction of sp³-hybridized carbons (Fsp3) is 0.459. The highest BCUT2D eigenvalue weighted by Crippen LogP contribution is 2.66. The van der Waals surface area contributed by atoms with Crippen molar-refractivity contribution in [3.05, 3.63) is 80.8 Å². The first-order chi connectivity index (χ1) is 20.3. The van der Waals surface area contributed by atoms with E-state index in [1.165, 1.54) is 85.1 Å². The Balaban J connectivity index is 1.28. The molecule has 2 aromatic carbocycles. The Morgan fingerprint density at radius 2 is 1.74 bits per heavy atom. The number of carbonyl (C=O) groups is 1. The quantitative estimate of drug-likeness (QED) is 0.227. The Morgan fingerprint density at radius 1 is 0.952 bits per heavy atom. The van der Waals surface area contributed by atoms with Crippen molar-refractivity contribution in [2.24, 2.45) is 29.1 Å². The molecule has 4 aliphatic carbocycles. The zero-order chi connectivity index (χ0) is 28.8. The highest BCUT2D eigenvalue weighted by atomic mass is 79.9. The first-order valence-electron chi connectivity index (χ1n) is 15.9. The van der Waals surface area contributed by atoms with Gasteiger partial charge in [-0.25, -0.2) is 4.98 Å². The first kappa shape index (κ1) is 27.1. The third-order valence-electron chi connectivity index (χ3n) is 12.3. The van der Waals surface area contributed by atoms with Gasteiger partial charge < -0.3 is 5.73 Å². The van der Waals surface area contributed by atoms with E-state index in [1.807, 2.05) is 24.3 Å². The fourth-order valence-electron chi connectivity index (χ4n) is 10.2. The zero-order valence-electron chi connectivity index (χ0n) is 24.6. The summed E-state index contributed by atoms with van der Waals surface area (Å²) in [6.45, 7) is 5.18. The second-order valence-electron chi connectivity index (χ2n) is 14.1. The minimum atomic E-state index is -0.0238. The number of hydrogen-bond donors (Lipinski definition) is 1. The number of anilines is 1. The van der Waals surface area contributed by atoms with Gasteiger partial charge in [0.1, 0.15) is 9.71 Å². The maximum absolute atomic E-state index is 13.7. The van der Waals surface area contributed by atoms with E-state index in [4.69, 9.17) is 10.7 Å². The van der Waals surface area contributed by atoms with E-state index in [2.05, 4.69) is 60.1 Å². The van der Waals surface area contributed by atoms with Crippen LogP contribution in [0, 0.1) is 29.1 Å². The molecular weight excluding hydrogens is 600 g/mol. The van der Waals surface area contributed by atoms with Gasteiger partial charge in [-0.1, -0.05) is 73.0 Å². The van der Waals surface area contributed by atoms with Crippen LogP contribution in [-0.4, -0.2) is 10.8 Å². The van der Waals surface area contributed by atoms with Crippen LogP contribution in [-0.2, 0) is 11.8 Å². The van der Waals surface area contributed by atoms with Gasteiger partial charge in [-0.15, -0.1) is 11.3 Å². The number of benzene rings is 2. The average Bonchev–Trinajstić information content (AvgIpc) is 3.49. The minimum absolute atomic E-state index is 0.0238.